The summed E-state index contributed by atoms with van der Waals surface area (Å²) in [5.74, 6) is -0.448. The molecule has 0 aliphatic carbocycles. The molecule has 1 amide bonds. The molecule has 0 aliphatic rings. The van der Waals surface area contributed by atoms with E-state index in [0.717, 1.165) is 15.5 Å². The Kier molecular flexibility index (Phi) is 6.25. The highest BCUT2D eigenvalue weighted by Gasteiger charge is 2.20. The lowest BCUT2D eigenvalue weighted by molar-refractivity contribution is 0.102. The number of nitrogens with zero attached hydrogens (tertiary/aromatic N) is 2. The Hall–Kier alpha value is -2.43. The Labute approximate surface area is 178 Å². The third-order valence-corrected chi connectivity index (χ3v) is 7.64. The van der Waals surface area contributed by atoms with E-state index in [1.54, 1.807) is 31.2 Å². The van der Waals surface area contributed by atoms with Crippen LogP contribution in [0.4, 0.5) is 10.8 Å². The van der Waals surface area contributed by atoms with Crippen LogP contribution in [0.5, 0.6) is 0 Å². The van der Waals surface area contributed by atoms with Crippen molar-refractivity contribution in [2.75, 3.05) is 16.3 Å². The van der Waals surface area contributed by atoms with E-state index >= 15 is 0 Å². The molecular weight excluding hydrogens is 428 g/mol. The second-order valence-corrected chi connectivity index (χ2v) is 10.1. The van der Waals surface area contributed by atoms with Gasteiger partial charge in [0.1, 0.15) is 0 Å². The summed E-state index contributed by atoms with van der Waals surface area (Å²) < 4.78 is 29.2. The van der Waals surface area contributed by atoms with Crippen molar-refractivity contribution < 1.29 is 13.2 Å². The first kappa shape index (κ1) is 21.3. The van der Waals surface area contributed by atoms with Gasteiger partial charge < -0.3 is 0 Å². The summed E-state index contributed by atoms with van der Waals surface area (Å²) in [6.45, 7) is 5.56. The van der Waals surface area contributed by atoms with E-state index in [1.807, 2.05) is 26.2 Å². The smallest absolute Gasteiger partial charge is 0.262 e. The standard InChI is InChI=1S/C19H20N4O3S3/c1-11-6-8-15(9-13(11)3)23-29(25,26)16-10-14(7-5-12(16)2)17(24)20-18-21-22-19(27-4)28-18/h5-10,23H,1-4H3,(H,20,21,24). The fraction of sp³-hybridized carbons (Fsp3) is 0.211. The fourth-order valence-electron chi connectivity index (χ4n) is 2.56. The molecule has 1 heterocycles. The van der Waals surface area contributed by atoms with Gasteiger partial charge in [0.15, 0.2) is 4.34 Å². The van der Waals surface area contributed by atoms with Crippen molar-refractivity contribution in [1.82, 2.24) is 10.2 Å². The number of benzene rings is 2. The Balaban J connectivity index is 1.87. The van der Waals surface area contributed by atoms with Crippen LogP contribution in [-0.4, -0.2) is 30.8 Å². The number of hydrogen-bond donors (Lipinski definition) is 2. The number of thioether (sulfide) groups is 1. The number of amides is 1. The third-order valence-electron chi connectivity index (χ3n) is 4.30. The van der Waals surface area contributed by atoms with E-state index in [1.165, 1.54) is 29.2 Å². The molecule has 2 N–H and O–H groups in total. The molecule has 3 aromatic rings. The van der Waals surface area contributed by atoms with Crippen molar-refractivity contribution in [2.45, 2.75) is 30.0 Å². The van der Waals surface area contributed by atoms with Crippen LogP contribution >= 0.6 is 23.1 Å². The van der Waals surface area contributed by atoms with Crippen molar-refractivity contribution in [3.8, 4) is 0 Å². The van der Waals surface area contributed by atoms with Gasteiger partial charge in [0, 0.05) is 11.3 Å². The lowest BCUT2D eigenvalue weighted by Gasteiger charge is -2.13. The van der Waals surface area contributed by atoms with Gasteiger partial charge in [-0.3, -0.25) is 14.8 Å². The van der Waals surface area contributed by atoms with Gasteiger partial charge in [0.2, 0.25) is 5.13 Å². The molecule has 1 aromatic heterocycles. The first-order valence-corrected chi connectivity index (χ1v) is 12.1. The zero-order valence-electron chi connectivity index (χ0n) is 16.3. The second kappa shape index (κ2) is 8.52. The van der Waals surface area contributed by atoms with Crippen molar-refractivity contribution in [1.29, 1.82) is 0 Å². The summed E-state index contributed by atoms with van der Waals surface area (Å²) in [6, 6.07) is 9.90. The van der Waals surface area contributed by atoms with E-state index in [4.69, 9.17) is 0 Å². The molecule has 0 atom stereocenters. The molecular formula is C19H20N4O3S3. The number of hydrogen-bond acceptors (Lipinski definition) is 7. The number of carbonyl (C=O) groups excluding carboxylic acids is 1. The van der Waals surface area contributed by atoms with Gasteiger partial charge in [-0.25, -0.2) is 8.42 Å². The van der Waals surface area contributed by atoms with E-state index in [-0.39, 0.29) is 10.5 Å². The van der Waals surface area contributed by atoms with Crippen molar-refractivity contribution in [2.24, 2.45) is 0 Å². The molecule has 0 radical (unpaired) electrons. The van der Waals surface area contributed by atoms with Crippen LogP contribution < -0.4 is 10.0 Å². The molecule has 0 saturated heterocycles. The number of aryl methyl sites for hydroxylation is 3. The molecule has 0 saturated carbocycles. The summed E-state index contributed by atoms with van der Waals surface area (Å²) in [7, 11) is -3.86. The predicted octanol–water partition coefficient (Wildman–Crippen LogP) is 4.24. The molecule has 10 heteroatoms. The maximum atomic E-state index is 12.9. The lowest BCUT2D eigenvalue weighted by Crippen LogP contribution is -2.17. The Bertz CT molecular complexity index is 1170. The SMILES string of the molecule is CSc1nnc(NC(=O)c2ccc(C)c(S(=O)(=O)Nc3ccc(C)c(C)c3)c2)s1. The predicted molar refractivity (Wildman–Crippen MR) is 118 cm³/mol. The minimum atomic E-state index is -3.86. The Morgan fingerprint density at radius 3 is 2.38 bits per heavy atom. The first-order valence-electron chi connectivity index (χ1n) is 8.59. The topological polar surface area (TPSA) is 101 Å². The largest absolute Gasteiger partial charge is 0.296 e. The monoisotopic (exact) mass is 448 g/mol. The van der Waals surface area contributed by atoms with Crippen LogP contribution in [0.1, 0.15) is 27.0 Å². The molecule has 2 aromatic carbocycles. The molecule has 0 bridgehead atoms. The zero-order chi connectivity index (χ0) is 21.2. The van der Waals surface area contributed by atoms with Gasteiger partial charge >= 0.3 is 0 Å². The van der Waals surface area contributed by atoms with Gasteiger partial charge in [-0.05, 0) is 68.0 Å². The van der Waals surface area contributed by atoms with Crippen molar-refractivity contribution in [3.63, 3.8) is 0 Å². The van der Waals surface area contributed by atoms with Gasteiger partial charge in [-0.15, -0.1) is 10.2 Å². The lowest BCUT2D eigenvalue weighted by atomic mass is 10.1. The van der Waals surface area contributed by atoms with Crippen LogP contribution in [0.3, 0.4) is 0 Å². The molecule has 29 heavy (non-hydrogen) atoms. The highest BCUT2D eigenvalue weighted by atomic mass is 32.2. The van der Waals surface area contributed by atoms with Crippen LogP contribution in [-0.2, 0) is 10.0 Å². The number of rotatable bonds is 6. The molecule has 0 unspecified atom stereocenters. The molecule has 7 nitrogen and oxygen atoms in total. The summed E-state index contributed by atoms with van der Waals surface area (Å²) in [5, 5.41) is 10.8. The van der Waals surface area contributed by atoms with Gasteiger partial charge in [0.25, 0.3) is 15.9 Å². The summed E-state index contributed by atoms with van der Waals surface area (Å²) in [6.07, 6.45) is 1.87. The van der Waals surface area contributed by atoms with E-state index in [9.17, 15) is 13.2 Å². The fourth-order valence-corrected chi connectivity index (χ4v) is 5.04. The van der Waals surface area contributed by atoms with Crippen LogP contribution in [0.25, 0.3) is 0 Å². The maximum absolute atomic E-state index is 12.9. The number of sulfonamides is 1. The number of nitrogens with one attached hydrogen (secondary N) is 2. The molecule has 0 fully saturated rings. The van der Waals surface area contributed by atoms with Crippen LogP contribution in [0.15, 0.2) is 45.6 Å². The van der Waals surface area contributed by atoms with Crippen molar-refractivity contribution >= 4 is 49.8 Å². The number of aromatic nitrogens is 2. The summed E-state index contributed by atoms with van der Waals surface area (Å²) in [5.41, 5.74) is 3.29. The van der Waals surface area contributed by atoms with Crippen LogP contribution in [0, 0.1) is 20.8 Å². The molecule has 3 rings (SSSR count). The normalized spacial score (nSPS) is 11.3. The third kappa shape index (κ3) is 4.95. The van der Waals surface area contributed by atoms with E-state index in [2.05, 4.69) is 20.2 Å². The highest BCUT2D eigenvalue weighted by molar-refractivity contribution is 8.00. The Morgan fingerprint density at radius 1 is 1.00 bits per heavy atom. The quantitative estimate of drug-likeness (QED) is 0.432. The van der Waals surface area contributed by atoms with Crippen molar-refractivity contribution in [3.05, 3.63) is 58.7 Å². The maximum Gasteiger partial charge on any atom is 0.262 e. The van der Waals surface area contributed by atoms with Gasteiger partial charge in [-0.2, -0.15) is 0 Å². The van der Waals surface area contributed by atoms with Crippen LogP contribution in [0.2, 0.25) is 0 Å². The average Bonchev–Trinajstić information content (AvgIpc) is 3.12. The molecule has 0 aliphatic heterocycles. The average molecular weight is 449 g/mol. The van der Waals surface area contributed by atoms with Gasteiger partial charge in [0.05, 0.1) is 4.90 Å². The van der Waals surface area contributed by atoms with E-state index < -0.39 is 15.9 Å². The zero-order valence-corrected chi connectivity index (χ0v) is 18.8. The summed E-state index contributed by atoms with van der Waals surface area (Å²) >= 11 is 2.68. The van der Waals surface area contributed by atoms with E-state index in [0.29, 0.717) is 16.4 Å². The number of anilines is 2. The first-order chi connectivity index (χ1) is 13.7. The van der Waals surface area contributed by atoms with Gasteiger partial charge in [-0.1, -0.05) is 35.2 Å². The minimum Gasteiger partial charge on any atom is -0.296 e. The molecule has 152 valence electrons. The second-order valence-electron chi connectivity index (χ2n) is 6.42. The highest BCUT2D eigenvalue weighted by Crippen LogP contribution is 2.25. The molecule has 0 spiro atoms. The minimum absolute atomic E-state index is 0.0467. The Morgan fingerprint density at radius 2 is 1.72 bits per heavy atom. The number of carbonyl (C=O) groups is 1. The summed E-state index contributed by atoms with van der Waals surface area (Å²) in [4.78, 5) is 12.6.